The molecule has 1 aromatic heterocycles. The van der Waals surface area contributed by atoms with Crippen LogP contribution in [0.1, 0.15) is 18.4 Å². The number of hydrogen-bond donors (Lipinski definition) is 1. The third-order valence-electron chi connectivity index (χ3n) is 5.80. The Hall–Kier alpha value is -2.89. The van der Waals surface area contributed by atoms with Gasteiger partial charge in [-0.3, -0.25) is 4.79 Å². The van der Waals surface area contributed by atoms with Gasteiger partial charge in [-0.1, -0.05) is 23.4 Å². The molecule has 1 amide bonds. The van der Waals surface area contributed by atoms with Crippen LogP contribution in [0.25, 0.3) is 11.0 Å². The summed E-state index contributed by atoms with van der Waals surface area (Å²) in [5.41, 5.74) is 1.58. The average Bonchev–Trinajstić information content (AvgIpc) is 3.24. The second kappa shape index (κ2) is 9.94. The molecule has 1 saturated heterocycles. The fourth-order valence-electron chi connectivity index (χ4n) is 3.95. The van der Waals surface area contributed by atoms with Gasteiger partial charge in [0.15, 0.2) is 0 Å². The molecule has 4 rings (SSSR count). The molecule has 3 aromatic rings. The fourth-order valence-corrected chi connectivity index (χ4v) is 5.49. The van der Waals surface area contributed by atoms with Crippen LogP contribution in [-0.4, -0.2) is 60.4 Å². The van der Waals surface area contributed by atoms with E-state index in [0.717, 1.165) is 5.52 Å². The van der Waals surface area contributed by atoms with Crippen LogP contribution >= 0.6 is 0 Å². The lowest BCUT2D eigenvalue weighted by Gasteiger charge is -2.31. The number of hydrogen-bond acceptors (Lipinski definition) is 6. The van der Waals surface area contributed by atoms with E-state index in [1.165, 1.54) is 22.5 Å². The Morgan fingerprint density at radius 1 is 1.27 bits per heavy atom. The highest BCUT2D eigenvalue weighted by Gasteiger charge is 2.33. The van der Waals surface area contributed by atoms with Gasteiger partial charge in [-0.15, -0.1) is 5.10 Å². The molecule has 0 aliphatic carbocycles. The normalized spacial score (nSPS) is 17.3. The summed E-state index contributed by atoms with van der Waals surface area (Å²) in [6, 6.07) is 10.9. The van der Waals surface area contributed by atoms with Crippen LogP contribution in [0.15, 0.2) is 47.4 Å². The number of aromatic nitrogens is 3. The monoisotopic (exact) mass is 475 g/mol. The van der Waals surface area contributed by atoms with Gasteiger partial charge in [0.05, 0.1) is 29.5 Å². The number of amides is 1. The van der Waals surface area contributed by atoms with E-state index < -0.39 is 15.9 Å². The van der Waals surface area contributed by atoms with E-state index in [4.69, 9.17) is 4.74 Å². The van der Waals surface area contributed by atoms with Crippen molar-refractivity contribution in [3.63, 3.8) is 0 Å². The summed E-state index contributed by atoms with van der Waals surface area (Å²) < 4.78 is 48.4. The van der Waals surface area contributed by atoms with Crippen LogP contribution in [0.2, 0.25) is 0 Å². The van der Waals surface area contributed by atoms with Crippen LogP contribution in [0.5, 0.6) is 0 Å². The predicted molar refractivity (Wildman–Crippen MR) is 119 cm³/mol. The molecule has 0 bridgehead atoms. The minimum Gasteiger partial charge on any atom is -0.383 e. The summed E-state index contributed by atoms with van der Waals surface area (Å²) in [4.78, 5) is 12.8. The van der Waals surface area contributed by atoms with Crippen molar-refractivity contribution in [3.05, 3.63) is 53.8 Å². The average molecular weight is 476 g/mol. The molecule has 0 unspecified atom stereocenters. The zero-order valence-corrected chi connectivity index (χ0v) is 19.1. The second-order valence-electron chi connectivity index (χ2n) is 7.97. The van der Waals surface area contributed by atoms with E-state index in [1.54, 1.807) is 36.1 Å². The zero-order valence-electron chi connectivity index (χ0n) is 18.3. The van der Waals surface area contributed by atoms with E-state index in [2.05, 4.69) is 15.6 Å². The third-order valence-corrected chi connectivity index (χ3v) is 7.66. The number of halogens is 1. The first kappa shape index (κ1) is 23.3. The molecule has 1 aliphatic heterocycles. The molecule has 33 heavy (non-hydrogen) atoms. The smallest absolute Gasteiger partial charge is 0.243 e. The fraction of sp³-hybridized carbons (Fsp3) is 0.409. The molecular weight excluding hydrogens is 449 g/mol. The van der Waals surface area contributed by atoms with Gasteiger partial charge in [-0.25, -0.2) is 17.5 Å². The Bertz CT molecular complexity index is 1250. The molecule has 2 heterocycles. The molecule has 2 aromatic carbocycles. The lowest BCUT2D eigenvalue weighted by Crippen LogP contribution is -2.45. The van der Waals surface area contributed by atoms with Crippen molar-refractivity contribution in [2.75, 3.05) is 26.8 Å². The number of methoxy groups -OCH3 is 1. The summed E-state index contributed by atoms with van der Waals surface area (Å²) in [6.45, 7) is 1.44. The van der Waals surface area contributed by atoms with Crippen molar-refractivity contribution in [2.45, 2.75) is 30.8 Å². The van der Waals surface area contributed by atoms with Gasteiger partial charge in [0.1, 0.15) is 11.3 Å². The Kier molecular flexibility index (Phi) is 7.01. The summed E-state index contributed by atoms with van der Waals surface area (Å²) in [6.07, 6.45) is 1.13. The topological polar surface area (TPSA) is 106 Å². The van der Waals surface area contributed by atoms with Crippen molar-refractivity contribution < 1.29 is 22.3 Å². The number of fused-ring (bicyclic) bond motifs is 1. The first-order chi connectivity index (χ1) is 15.9. The molecule has 176 valence electrons. The molecule has 1 aliphatic rings. The van der Waals surface area contributed by atoms with Crippen molar-refractivity contribution in [2.24, 2.45) is 5.92 Å². The second-order valence-corrected chi connectivity index (χ2v) is 9.91. The minimum absolute atomic E-state index is 0.0597. The quantitative estimate of drug-likeness (QED) is 0.534. The summed E-state index contributed by atoms with van der Waals surface area (Å²) >= 11 is 0. The molecule has 0 saturated carbocycles. The molecule has 9 nitrogen and oxygen atoms in total. The van der Waals surface area contributed by atoms with Crippen LogP contribution in [0.4, 0.5) is 4.39 Å². The number of sulfonamides is 1. The first-order valence-corrected chi connectivity index (χ1v) is 12.2. The lowest BCUT2D eigenvalue weighted by molar-refractivity contribution is -0.126. The molecule has 1 fully saturated rings. The van der Waals surface area contributed by atoms with Crippen LogP contribution < -0.4 is 5.32 Å². The molecule has 1 N–H and O–H groups in total. The van der Waals surface area contributed by atoms with Gasteiger partial charge in [0, 0.05) is 32.3 Å². The zero-order chi connectivity index (χ0) is 23.4. The van der Waals surface area contributed by atoms with Crippen molar-refractivity contribution in [1.29, 1.82) is 0 Å². The number of benzene rings is 2. The Balaban J connectivity index is 1.45. The number of piperidine rings is 1. The number of carbonyl (C=O) groups excluding carboxylic acids is 1. The van der Waals surface area contributed by atoms with Crippen molar-refractivity contribution >= 4 is 27.0 Å². The maximum atomic E-state index is 13.8. The summed E-state index contributed by atoms with van der Waals surface area (Å²) in [7, 11) is -2.22. The van der Waals surface area contributed by atoms with E-state index in [9.17, 15) is 17.6 Å². The van der Waals surface area contributed by atoms with Crippen molar-refractivity contribution in [3.8, 4) is 0 Å². The number of nitrogens with zero attached hydrogens (tertiary/aromatic N) is 4. The van der Waals surface area contributed by atoms with E-state index in [0.29, 0.717) is 43.6 Å². The van der Waals surface area contributed by atoms with E-state index in [1.807, 2.05) is 0 Å². The first-order valence-electron chi connectivity index (χ1n) is 10.7. The molecule has 11 heteroatoms. The number of nitrogens with one attached hydrogen (secondary N) is 1. The maximum absolute atomic E-state index is 13.8. The number of rotatable bonds is 8. The Morgan fingerprint density at radius 3 is 2.88 bits per heavy atom. The summed E-state index contributed by atoms with van der Waals surface area (Å²) in [5.74, 6) is -1.17. The third kappa shape index (κ3) is 5.05. The van der Waals surface area contributed by atoms with Gasteiger partial charge in [0.2, 0.25) is 15.9 Å². The Morgan fingerprint density at radius 2 is 2.09 bits per heavy atom. The van der Waals surface area contributed by atoms with Crippen LogP contribution in [0, 0.1) is 11.7 Å². The maximum Gasteiger partial charge on any atom is 0.243 e. The SMILES string of the molecule is COCCn1nnc2cc(S(=O)(=O)N3CCC[C@H](C(=O)NCc4ccccc4F)C3)ccc21. The van der Waals surface area contributed by atoms with Gasteiger partial charge in [-0.2, -0.15) is 4.31 Å². The van der Waals surface area contributed by atoms with E-state index >= 15 is 0 Å². The summed E-state index contributed by atoms with van der Waals surface area (Å²) in [5, 5.41) is 10.9. The van der Waals surface area contributed by atoms with Crippen molar-refractivity contribution in [1.82, 2.24) is 24.6 Å². The van der Waals surface area contributed by atoms with Gasteiger partial charge in [0.25, 0.3) is 0 Å². The van der Waals surface area contributed by atoms with Crippen LogP contribution in [-0.2, 0) is 32.6 Å². The van der Waals surface area contributed by atoms with Gasteiger partial charge < -0.3 is 10.1 Å². The van der Waals surface area contributed by atoms with Gasteiger partial charge >= 0.3 is 0 Å². The largest absolute Gasteiger partial charge is 0.383 e. The van der Waals surface area contributed by atoms with E-state index in [-0.39, 0.29) is 29.7 Å². The standard InChI is InChI=1S/C22H26FN5O4S/c1-32-12-11-28-21-9-8-18(13-20(21)25-26-28)33(30,31)27-10-4-6-17(15-27)22(29)24-14-16-5-2-3-7-19(16)23/h2-3,5,7-9,13,17H,4,6,10-12,14-15H2,1H3,(H,24,29)/t17-/m0/s1. The number of carbonyl (C=O) groups is 1. The predicted octanol–water partition coefficient (Wildman–Crippen LogP) is 1.93. The highest BCUT2D eigenvalue weighted by molar-refractivity contribution is 7.89. The highest BCUT2D eigenvalue weighted by atomic mass is 32.2. The van der Waals surface area contributed by atoms with Crippen LogP contribution in [0.3, 0.4) is 0 Å². The number of ether oxygens (including phenoxy) is 1. The van der Waals surface area contributed by atoms with Gasteiger partial charge in [-0.05, 0) is 37.1 Å². The minimum atomic E-state index is -3.81. The Labute approximate surface area is 191 Å². The molecule has 0 radical (unpaired) electrons. The lowest BCUT2D eigenvalue weighted by atomic mass is 9.98. The molecule has 0 spiro atoms. The highest BCUT2D eigenvalue weighted by Crippen LogP contribution is 2.26. The molecular formula is C22H26FN5O4S. The molecule has 1 atom stereocenters.